The van der Waals surface area contributed by atoms with Gasteiger partial charge in [-0.05, 0) is 69.2 Å². The molecule has 1 saturated heterocycles. The van der Waals surface area contributed by atoms with Crippen LogP contribution in [0.2, 0.25) is 0 Å². The monoisotopic (exact) mass is 298 g/mol. The fourth-order valence-electron chi connectivity index (χ4n) is 4.58. The number of nitrogens with two attached hydrogens (primary N) is 1. The van der Waals surface area contributed by atoms with Crippen LogP contribution in [0.1, 0.15) is 38.5 Å². The van der Waals surface area contributed by atoms with Gasteiger partial charge in [0.1, 0.15) is 0 Å². The van der Waals surface area contributed by atoms with Gasteiger partial charge >= 0.3 is 0 Å². The topological polar surface area (TPSA) is 29.3 Å². The maximum absolute atomic E-state index is 5.96. The average Bonchev–Trinajstić information content (AvgIpc) is 3.02. The molecular formula is C15H26N2S2. The Morgan fingerprint density at radius 2 is 2.05 bits per heavy atom. The van der Waals surface area contributed by atoms with Crippen molar-refractivity contribution < 1.29 is 0 Å². The van der Waals surface area contributed by atoms with Gasteiger partial charge in [0, 0.05) is 6.54 Å². The molecule has 0 spiro atoms. The Bertz CT molecular complexity index is 350. The molecule has 2 nitrogen and oxygen atoms in total. The van der Waals surface area contributed by atoms with Crippen LogP contribution < -0.4 is 5.73 Å². The lowest BCUT2D eigenvalue weighted by Gasteiger charge is -2.41. The minimum absolute atomic E-state index is 0.0838. The summed E-state index contributed by atoms with van der Waals surface area (Å²) in [5.41, 5.74) is 5.96. The third kappa shape index (κ3) is 2.68. The number of nitrogens with zero attached hydrogens (tertiary/aromatic N) is 1. The Labute approximate surface area is 126 Å². The van der Waals surface area contributed by atoms with E-state index in [0.717, 1.165) is 35.6 Å². The second kappa shape index (κ2) is 5.53. The lowest BCUT2D eigenvalue weighted by Crippen LogP contribution is -2.50. The molecular weight excluding hydrogens is 272 g/mol. The normalized spacial score (nSPS) is 37.6. The van der Waals surface area contributed by atoms with Crippen LogP contribution >= 0.6 is 24.0 Å². The number of piperidine rings is 1. The SMILES string of the molecule is CSC1(C(N)=S)CCN(CC2CC3CCC2C3)CC1. The summed E-state index contributed by atoms with van der Waals surface area (Å²) in [4.78, 5) is 3.40. The highest BCUT2D eigenvalue weighted by atomic mass is 32.2. The first kappa shape index (κ1) is 14.2. The van der Waals surface area contributed by atoms with E-state index in [-0.39, 0.29) is 4.75 Å². The predicted molar refractivity (Wildman–Crippen MR) is 87.6 cm³/mol. The van der Waals surface area contributed by atoms with Crippen LogP contribution in [0.3, 0.4) is 0 Å². The first-order valence-electron chi connectivity index (χ1n) is 7.70. The number of thioether (sulfide) groups is 1. The van der Waals surface area contributed by atoms with Crippen LogP contribution in [0.5, 0.6) is 0 Å². The molecule has 2 saturated carbocycles. The molecule has 0 aromatic heterocycles. The maximum Gasteiger partial charge on any atom is 0.0891 e. The molecule has 1 heterocycles. The van der Waals surface area contributed by atoms with Gasteiger partial charge in [-0.1, -0.05) is 18.6 Å². The first-order valence-corrected chi connectivity index (χ1v) is 9.34. The van der Waals surface area contributed by atoms with Gasteiger partial charge in [0.2, 0.25) is 0 Å². The molecule has 3 fully saturated rings. The van der Waals surface area contributed by atoms with Crippen molar-refractivity contribution in [1.29, 1.82) is 0 Å². The van der Waals surface area contributed by atoms with Crippen LogP contribution in [0.15, 0.2) is 0 Å². The summed E-state index contributed by atoms with van der Waals surface area (Å²) >= 11 is 7.16. The Balaban J connectivity index is 1.52. The first-order chi connectivity index (χ1) is 9.13. The van der Waals surface area contributed by atoms with E-state index in [1.165, 1.54) is 45.3 Å². The molecule has 0 aromatic rings. The van der Waals surface area contributed by atoms with Crippen molar-refractivity contribution in [3.63, 3.8) is 0 Å². The Morgan fingerprint density at radius 1 is 1.32 bits per heavy atom. The van der Waals surface area contributed by atoms with Crippen molar-refractivity contribution in [3.8, 4) is 0 Å². The van der Waals surface area contributed by atoms with E-state index in [9.17, 15) is 0 Å². The van der Waals surface area contributed by atoms with Crippen molar-refractivity contribution in [1.82, 2.24) is 4.90 Å². The van der Waals surface area contributed by atoms with Crippen LogP contribution in [0, 0.1) is 17.8 Å². The number of hydrogen-bond acceptors (Lipinski definition) is 3. The van der Waals surface area contributed by atoms with Gasteiger partial charge in [-0.3, -0.25) is 0 Å². The van der Waals surface area contributed by atoms with Gasteiger partial charge in [0.05, 0.1) is 9.74 Å². The average molecular weight is 299 g/mol. The van der Waals surface area contributed by atoms with E-state index in [1.54, 1.807) is 0 Å². The van der Waals surface area contributed by atoms with Gasteiger partial charge < -0.3 is 10.6 Å². The number of thiocarbonyl (C=S) groups is 1. The molecule has 3 atom stereocenters. The maximum atomic E-state index is 5.96. The van der Waals surface area contributed by atoms with Gasteiger partial charge in [0.25, 0.3) is 0 Å². The molecule has 3 aliphatic rings. The molecule has 19 heavy (non-hydrogen) atoms. The lowest BCUT2D eigenvalue weighted by molar-refractivity contribution is 0.161. The molecule has 1 aliphatic heterocycles. The minimum atomic E-state index is 0.0838. The van der Waals surface area contributed by atoms with Gasteiger partial charge in [-0.25, -0.2) is 0 Å². The standard InChI is InChI=1S/C15H26N2S2/c1-19-15(14(16)18)4-6-17(7-5-15)10-13-9-11-2-3-12(13)8-11/h11-13H,2-10H2,1H3,(H2,16,18). The second-order valence-corrected chi connectivity index (χ2v) is 8.43. The zero-order valence-electron chi connectivity index (χ0n) is 11.9. The molecule has 2 N–H and O–H groups in total. The van der Waals surface area contributed by atoms with Crippen molar-refractivity contribution in [2.45, 2.75) is 43.3 Å². The van der Waals surface area contributed by atoms with Crippen molar-refractivity contribution in [3.05, 3.63) is 0 Å². The third-order valence-electron chi connectivity index (χ3n) is 5.88. The van der Waals surface area contributed by atoms with E-state index >= 15 is 0 Å². The van der Waals surface area contributed by atoms with Crippen LogP contribution in [-0.4, -0.2) is 40.5 Å². The molecule has 2 bridgehead atoms. The predicted octanol–water partition coefficient (Wildman–Crippen LogP) is 2.91. The highest BCUT2D eigenvalue weighted by molar-refractivity contribution is 8.02. The number of rotatable bonds is 4. The Kier molecular flexibility index (Phi) is 4.12. The summed E-state index contributed by atoms with van der Waals surface area (Å²) in [5, 5.41) is 0. The van der Waals surface area contributed by atoms with E-state index in [4.69, 9.17) is 18.0 Å². The van der Waals surface area contributed by atoms with Crippen molar-refractivity contribution >= 4 is 29.0 Å². The van der Waals surface area contributed by atoms with Gasteiger partial charge in [0.15, 0.2) is 0 Å². The molecule has 2 aliphatic carbocycles. The molecule has 0 amide bonds. The van der Waals surface area contributed by atoms with E-state index in [2.05, 4.69) is 11.2 Å². The number of hydrogen-bond donors (Lipinski definition) is 1. The lowest BCUT2D eigenvalue weighted by atomic mass is 9.87. The highest BCUT2D eigenvalue weighted by Crippen LogP contribution is 2.48. The molecule has 3 unspecified atom stereocenters. The van der Waals surface area contributed by atoms with Crippen LogP contribution in [0.25, 0.3) is 0 Å². The third-order valence-corrected chi connectivity index (χ3v) is 7.81. The quantitative estimate of drug-likeness (QED) is 0.808. The smallest absolute Gasteiger partial charge is 0.0891 e. The highest BCUT2D eigenvalue weighted by Gasteiger charge is 2.42. The second-order valence-electron chi connectivity index (χ2n) is 6.80. The molecule has 3 rings (SSSR count). The van der Waals surface area contributed by atoms with Crippen molar-refractivity contribution in [2.75, 3.05) is 25.9 Å². The van der Waals surface area contributed by atoms with Crippen LogP contribution in [-0.2, 0) is 0 Å². The molecule has 108 valence electrons. The van der Waals surface area contributed by atoms with E-state index in [1.807, 2.05) is 11.8 Å². The Morgan fingerprint density at radius 3 is 2.53 bits per heavy atom. The summed E-state index contributed by atoms with van der Waals surface area (Å²) in [7, 11) is 0. The summed E-state index contributed by atoms with van der Waals surface area (Å²) in [6, 6.07) is 0. The largest absolute Gasteiger partial charge is 0.392 e. The summed E-state index contributed by atoms with van der Waals surface area (Å²) in [5.74, 6) is 3.11. The summed E-state index contributed by atoms with van der Waals surface area (Å²) in [6.07, 6.45) is 10.5. The summed E-state index contributed by atoms with van der Waals surface area (Å²) in [6.45, 7) is 3.71. The van der Waals surface area contributed by atoms with Crippen LogP contribution in [0.4, 0.5) is 0 Å². The number of likely N-dealkylation sites (tertiary alicyclic amines) is 1. The zero-order chi connectivity index (χ0) is 13.5. The molecule has 4 heteroatoms. The molecule has 0 radical (unpaired) electrons. The molecule has 0 aromatic carbocycles. The minimum Gasteiger partial charge on any atom is -0.392 e. The fraction of sp³-hybridized carbons (Fsp3) is 0.933. The number of fused-ring (bicyclic) bond motifs is 2. The summed E-state index contributed by atoms with van der Waals surface area (Å²) < 4.78 is 0.0838. The fourth-order valence-corrected chi connectivity index (χ4v) is 5.83. The van der Waals surface area contributed by atoms with Gasteiger partial charge in [-0.2, -0.15) is 11.8 Å². The van der Waals surface area contributed by atoms with Crippen molar-refractivity contribution in [2.24, 2.45) is 23.5 Å². The Hall–Kier alpha value is 0.200. The van der Waals surface area contributed by atoms with E-state index < -0.39 is 0 Å². The van der Waals surface area contributed by atoms with E-state index in [0.29, 0.717) is 0 Å². The zero-order valence-corrected chi connectivity index (χ0v) is 13.6. The van der Waals surface area contributed by atoms with Gasteiger partial charge in [-0.15, -0.1) is 0 Å².